The molecule has 1 aromatic heterocycles. The van der Waals surface area contributed by atoms with Crippen molar-refractivity contribution >= 4 is 23.6 Å². The van der Waals surface area contributed by atoms with Gasteiger partial charge in [0.1, 0.15) is 11.9 Å². The maximum atomic E-state index is 14.6. The number of benzene rings is 1. The zero-order valence-corrected chi connectivity index (χ0v) is 19.7. The molecule has 178 valence electrons. The highest BCUT2D eigenvalue weighted by atomic mass is 19.1. The standard InChI is InChI=1S/C25H29FN6O2/c1-4-34-23-8-7-20(15-29-23)17(2)24(18-5-6-19(14-27)22(26)13-18)30-25(31(3)16-33)32-11-9-21(28)10-12-32/h5-8,13,15-16,21H,4,9-12,28H2,1-3H3/b24-17+,30-25+. The van der Waals surface area contributed by atoms with Gasteiger partial charge in [-0.15, -0.1) is 0 Å². The Morgan fingerprint density at radius 1 is 1.35 bits per heavy atom. The van der Waals surface area contributed by atoms with E-state index in [1.165, 1.54) is 17.0 Å². The zero-order chi connectivity index (χ0) is 24.7. The van der Waals surface area contributed by atoms with Crippen molar-refractivity contribution in [2.45, 2.75) is 32.7 Å². The molecule has 1 aliphatic heterocycles. The molecule has 8 nitrogen and oxygen atoms in total. The number of piperidine rings is 1. The molecule has 1 saturated heterocycles. The van der Waals surface area contributed by atoms with Gasteiger partial charge in [0.05, 0.1) is 17.9 Å². The lowest BCUT2D eigenvalue weighted by atomic mass is 10.0. The third kappa shape index (κ3) is 5.77. The minimum absolute atomic E-state index is 0.0530. The van der Waals surface area contributed by atoms with E-state index in [1.54, 1.807) is 25.4 Å². The number of nitrogens with zero attached hydrogens (tertiary/aromatic N) is 5. The highest BCUT2D eigenvalue weighted by Crippen LogP contribution is 2.30. The number of rotatable bonds is 6. The van der Waals surface area contributed by atoms with E-state index in [9.17, 15) is 9.18 Å². The van der Waals surface area contributed by atoms with E-state index in [0.717, 1.165) is 24.0 Å². The molecule has 34 heavy (non-hydrogen) atoms. The largest absolute Gasteiger partial charge is 0.478 e. The molecule has 2 heterocycles. The van der Waals surface area contributed by atoms with E-state index >= 15 is 0 Å². The quantitative estimate of drug-likeness (QED) is 0.399. The SMILES string of the molecule is CCOc1ccc(/C(C)=C(/N=C(\N(C)C=O)N2CCC(N)CC2)c2ccc(C#N)c(F)c2)cn1. The van der Waals surface area contributed by atoms with Crippen molar-refractivity contribution in [3.8, 4) is 11.9 Å². The lowest BCUT2D eigenvalue weighted by molar-refractivity contribution is -0.114. The zero-order valence-electron chi connectivity index (χ0n) is 19.7. The number of amides is 1. The van der Waals surface area contributed by atoms with Crippen LogP contribution in [0, 0.1) is 17.1 Å². The van der Waals surface area contributed by atoms with Crippen molar-refractivity contribution in [2.24, 2.45) is 10.7 Å². The van der Waals surface area contributed by atoms with Crippen molar-refractivity contribution in [3.05, 3.63) is 59.0 Å². The molecule has 9 heteroatoms. The molecule has 0 bridgehead atoms. The summed E-state index contributed by atoms with van der Waals surface area (Å²) in [5, 5.41) is 9.13. The van der Waals surface area contributed by atoms with E-state index in [-0.39, 0.29) is 11.6 Å². The van der Waals surface area contributed by atoms with Crippen LogP contribution in [0.5, 0.6) is 5.88 Å². The average Bonchev–Trinajstić information content (AvgIpc) is 2.85. The fourth-order valence-electron chi connectivity index (χ4n) is 3.71. The number of pyridine rings is 1. The molecule has 1 aromatic carbocycles. The summed E-state index contributed by atoms with van der Waals surface area (Å²) in [4.78, 5) is 24.3. The van der Waals surface area contributed by atoms with Crippen LogP contribution < -0.4 is 10.5 Å². The van der Waals surface area contributed by atoms with Crippen LogP contribution >= 0.6 is 0 Å². The predicted octanol–water partition coefficient (Wildman–Crippen LogP) is 3.25. The fourth-order valence-corrected chi connectivity index (χ4v) is 3.71. The van der Waals surface area contributed by atoms with Gasteiger partial charge in [0.2, 0.25) is 18.2 Å². The number of carbonyl (C=O) groups is 1. The molecule has 3 rings (SSSR count). The number of hydrogen-bond donors (Lipinski definition) is 1. The number of halogens is 1. The third-order valence-corrected chi connectivity index (χ3v) is 5.69. The molecule has 0 unspecified atom stereocenters. The molecule has 0 saturated carbocycles. The van der Waals surface area contributed by atoms with Gasteiger partial charge in [0.25, 0.3) is 0 Å². The minimum Gasteiger partial charge on any atom is -0.478 e. The Morgan fingerprint density at radius 3 is 2.62 bits per heavy atom. The van der Waals surface area contributed by atoms with Crippen LogP contribution in [-0.2, 0) is 4.79 Å². The van der Waals surface area contributed by atoms with Crippen molar-refractivity contribution in [2.75, 3.05) is 26.7 Å². The van der Waals surface area contributed by atoms with Crippen LogP contribution in [0.1, 0.15) is 43.4 Å². The van der Waals surface area contributed by atoms with Gasteiger partial charge in [-0.3, -0.25) is 9.69 Å². The molecule has 1 aliphatic rings. The number of carbonyl (C=O) groups excluding carboxylic acids is 1. The monoisotopic (exact) mass is 464 g/mol. The normalized spacial score (nSPS) is 15.4. The van der Waals surface area contributed by atoms with E-state index < -0.39 is 5.82 Å². The number of ether oxygens (including phenoxy) is 1. The highest BCUT2D eigenvalue weighted by Gasteiger charge is 2.23. The Labute approximate surface area is 199 Å². The van der Waals surface area contributed by atoms with Crippen LogP contribution in [-0.4, -0.2) is 59.9 Å². The summed E-state index contributed by atoms with van der Waals surface area (Å²) >= 11 is 0. The van der Waals surface area contributed by atoms with Crippen LogP contribution in [0.15, 0.2) is 41.5 Å². The van der Waals surface area contributed by atoms with Gasteiger partial charge >= 0.3 is 0 Å². The van der Waals surface area contributed by atoms with Crippen LogP contribution in [0.3, 0.4) is 0 Å². The number of hydrogen-bond acceptors (Lipinski definition) is 6. The Morgan fingerprint density at radius 2 is 2.06 bits per heavy atom. The van der Waals surface area contributed by atoms with Crippen molar-refractivity contribution in [1.82, 2.24) is 14.8 Å². The van der Waals surface area contributed by atoms with Gasteiger partial charge in [-0.05, 0) is 56.0 Å². The van der Waals surface area contributed by atoms with Gasteiger partial charge in [-0.1, -0.05) is 6.07 Å². The molecule has 2 N–H and O–H groups in total. The fraction of sp³-hybridized carbons (Fsp3) is 0.360. The maximum absolute atomic E-state index is 14.6. The van der Waals surface area contributed by atoms with Crippen LogP contribution in [0.25, 0.3) is 11.3 Å². The van der Waals surface area contributed by atoms with E-state index in [0.29, 0.717) is 49.2 Å². The summed E-state index contributed by atoms with van der Waals surface area (Å²) in [7, 11) is 1.63. The molecule has 1 fully saturated rings. The average molecular weight is 465 g/mol. The van der Waals surface area contributed by atoms with Gasteiger partial charge in [-0.25, -0.2) is 14.4 Å². The van der Waals surface area contributed by atoms with Crippen LogP contribution in [0.4, 0.5) is 4.39 Å². The highest BCUT2D eigenvalue weighted by molar-refractivity contribution is 5.98. The second-order valence-electron chi connectivity index (χ2n) is 8.05. The summed E-state index contributed by atoms with van der Waals surface area (Å²) in [6, 6.07) is 9.92. The molecular formula is C25H29FN6O2. The molecule has 0 aliphatic carbocycles. The first-order chi connectivity index (χ1) is 16.4. The second-order valence-corrected chi connectivity index (χ2v) is 8.05. The molecule has 0 radical (unpaired) electrons. The number of nitriles is 1. The summed E-state index contributed by atoms with van der Waals surface area (Å²) in [5.41, 5.74) is 8.44. The number of aromatic nitrogens is 1. The maximum Gasteiger partial charge on any atom is 0.216 e. The Kier molecular flexibility index (Phi) is 8.33. The predicted molar refractivity (Wildman–Crippen MR) is 129 cm³/mol. The van der Waals surface area contributed by atoms with Gasteiger partial charge in [0, 0.05) is 44.0 Å². The summed E-state index contributed by atoms with van der Waals surface area (Å²) in [5.74, 6) is 0.305. The summed E-state index contributed by atoms with van der Waals surface area (Å²) in [6.45, 7) is 5.54. The molecule has 1 amide bonds. The molecule has 0 spiro atoms. The molecular weight excluding hydrogens is 435 g/mol. The van der Waals surface area contributed by atoms with Gasteiger partial charge in [-0.2, -0.15) is 5.26 Å². The topological polar surface area (TPSA) is 108 Å². The van der Waals surface area contributed by atoms with Gasteiger partial charge in [0.15, 0.2) is 0 Å². The van der Waals surface area contributed by atoms with E-state index in [2.05, 4.69) is 4.98 Å². The van der Waals surface area contributed by atoms with E-state index in [4.69, 9.17) is 20.7 Å². The lowest BCUT2D eigenvalue weighted by Crippen LogP contribution is -2.48. The molecule has 0 atom stereocenters. The Hall–Kier alpha value is -3.77. The number of guanidine groups is 1. The first-order valence-electron chi connectivity index (χ1n) is 11.1. The summed E-state index contributed by atoms with van der Waals surface area (Å²) < 4.78 is 20.0. The van der Waals surface area contributed by atoms with Gasteiger partial charge < -0.3 is 15.4 Å². The summed E-state index contributed by atoms with van der Waals surface area (Å²) in [6.07, 6.45) is 3.91. The third-order valence-electron chi connectivity index (χ3n) is 5.69. The minimum atomic E-state index is -0.639. The first kappa shape index (κ1) is 24.9. The number of likely N-dealkylation sites (tertiary alicyclic amines) is 1. The van der Waals surface area contributed by atoms with Crippen molar-refractivity contribution < 1.29 is 13.9 Å². The van der Waals surface area contributed by atoms with Crippen LogP contribution in [0.2, 0.25) is 0 Å². The first-order valence-corrected chi connectivity index (χ1v) is 11.1. The van der Waals surface area contributed by atoms with E-state index in [1.807, 2.05) is 30.9 Å². The Balaban J connectivity index is 2.16. The second kappa shape index (κ2) is 11.4. The smallest absolute Gasteiger partial charge is 0.216 e. The molecule has 2 aromatic rings. The number of aliphatic imine (C=N–C) groups is 1. The van der Waals surface area contributed by atoms with Crippen molar-refractivity contribution in [1.29, 1.82) is 5.26 Å². The number of allylic oxidation sites excluding steroid dienone is 1. The Bertz CT molecular complexity index is 1120. The van der Waals surface area contributed by atoms with Crippen molar-refractivity contribution in [3.63, 3.8) is 0 Å². The number of nitrogens with two attached hydrogens (primary N) is 1. The lowest BCUT2D eigenvalue weighted by Gasteiger charge is -2.34.